The Balaban J connectivity index is 2.67. The summed E-state index contributed by atoms with van der Waals surface area (Å²) >= 11 is 0. The molecule has 0 bridgehead atoms. The van der Waals surface area contributed by atoms with Gasteiger partial charge in [0.2, 0.25) is 10.0 Å². The van der Waals surface area contributed by atoms with E-state index in [1.54, 1.807) is 24.3 Å². The smallest absolute Gasteiger partial charge is 0.232 e. The lowest BCUT2D eigenvalue weighted by molar-refractivity contribution is 0.578. The lowest BCUT2D eigenvalue weighted by Crippen LogP contribution is -2.17. The molecule has 1 aromatic carbocycles. The molecule has 0 saturated carbocycles. The first-order valence-electron chi connectivity index (χ1n) is 5.43. The van der Waals surface area contributed by atoms with E-state index in [2.05, 4.69) is 4.72 Å². The fourth-order valence-electron chi connectivity index (χ4n) is 1.23. The minimum atomic E-state index is -3.28. The molecule has 5 heteroatoms. The summed E-state index contributed by atoms with van der Waals surface area (Å²) in [5.74, 6) is 0.470. The number of nitrogens with one attached hydrogen (secondary N) is 1. The van der Waals surface area contributed by atoms with Crippen LogP contribution in [0.3, 0.4) is 0 Å². The van der Waals surface area contributed by atoms with E-state index >= 15 is 0 Å². The van der Waals surface area contributed by atoms with Crippen molar-refractivity contribution in [2.75, 3.05) is 10.5 Å². The third kappa shape index (κ3) is 4.87. The first kappa shape index (κ1) is 13.5. The zero-order chi connectivity index (χ0) is 12.9. The van der Waals surface area contributed by atoms with E-state index in [0.717, 1.165) is 0 Å². The Labute approximate surface area is 102 Å². The predicted molar refractivity (Wildman–Crippen MR) is 68.0 cm³/mol. The quantitative estimate of drug-likeness (QED) is 0.874. The van der Waals surface area contributed by atoms with Gasteiger partial charge in [-0.05, 0) is 36.6 Å². The van der Waals surface area contributed by atoms with Gasteiger partial charge in [0.15, 0.2) is 0 Å². The SMILES string of the molecule is CC(C)CCS(=O)(=O)Nc1ccc(C#N)cc1. The Morgan fingerprint density at radius 3 is 2.35 bits per heavy atom. The van der Waals surface area contributed by atoms with E-state index in [-0.39, 0.29) is 5.75 Å². The Hall–Kier alpha value is -1.54. The number of sulfonamides is 1. The molecule has 0 radical (unpaired) electrons. The average molecular weight is 252 g/mol. The lowest BCUT2D eigenvalue weighted by atomic mass is 10.2. The number of nitriles is 1. The molecule has 4 nitrogen and oxygen atoms in total. The second-order valence-electron chi connectivity index (χ2n) is 4.29. The fraction of sp³-hybridized carbons (Fsp3) is 0.417. The maximum atomic E-state index is 11.7. The van der Waals surface area contributed by atoms with Gasteiger partial charge >= 0.3 is 0 Å². The normalized spacial score (nSPS) is 11.2. The largest absolute Gasteiger partial charge is 0.284 e. The molecule has 0 saturated heterocycles. The van der Waals surface area contributed by atoms with Gasteiger partial charge in [-0.1, -0.05) is 13.8 Å². The van der Waals surface area contributed by atoms with Crippen molar-refractivity contribution in [2.24, 2.45) is 5.92 Å². The number of nitrogens with zero attached hydrogens (tertiary/aromatic N) is 1. The Bertz CT molecular complexity index is 498. The Kier molecular flexibility index (Phi) is 4.53. The second-order valence-corrected chi connectivity index (χ2v) is 6.13. The van der Waals surface area contributed by atoms with Gasteiger partial charge in [-0.3, -0.25) is 4.72 Å². The van der Waals surface area contributed by atoms with Crippen LogP contribution in [0.25, 0.3) is 0 Å². The van der Waals surface area contributed by atoms with Crippen LogP contribution < -0.4 is 4.72 Å². The summed E-state index contributed by atoms with van der Waals surface area (Å²) < 4.78 is 25.9. The van der Waals surface area contributed by atoms with E-state index in [1.807, 2.05) is 19.9 Å². The molecule has 0 spiro atoms. The standard InChI is InChI=1S/C12H16N2O2S/c1-10(2)7-8-17(15,16)14-12-5-3-11(9-13)4-6-12/h3-6,10,14H,7-8H2,1-2H3. The molecule has 17 heavy (non-hydrogen) atoms. The molecular weight excluding hydrogens is 236 g/mol. The van der Waals surface area contributed by atoms with Crippen LogP contribution >= 0.6 is 0 Å². The molecular formula is C12H16N2O2S. The topological polar surface area (TPSA) is 70.0 Å². The van der Waals surface area contributed by atoms with Crippen LogP contribution in [0.1, 0.15) is 25.8 Å². The van der Waals surface area contributed by atoms with Gasteiger partial charge in [0.05, 0.1) is 17.4 Å². The molecule has 1 N–H and O–H groups in total. The molecule has 1 rings (SSSR count). The highest BCUT2D eigenvalue weighted by Crippen LogP contribution is 2.12. The van der Waals surface area contributed by atoms with Crippen LogP contribution in [0.5, 0.6) is 0 Å². The average Bonchev–Trinajstić information content (AvgIpc) is 2.27. The maximum Gasteiger partial charge on any atom is 0.232 e. The molecule has 0 aliphatic heterocycles. The molecule has 0 aliphatic rings. The molecule has 1 aromatic rings. The number of hydrogen-bond acceptors (Lipinski definition) is 3. The van der Waals surface area contributed by atoms with Crippen molar-refractivity contribution < 1.29 is 8.42 Å². The van der Waals surface area contributed by atoms with Crippen LogP contribution in [0.2, 0.25) is 0 Å². The highest BCUT2D eigenvalue weighted by molar-refractivity contribution is 7.92. The number of anilines is 1. The van der Waals surface area contributed by atoms with Crippen LogP contribution in [0.15, 0.2) is 24.3 Å². The first-order chi connectivity index (χ1) is 7.93. The summed E-state index contributed by atoms with van der Waals surface area (Å²) in [6.07, 6.45) is 0.631. The van der Waals surface area contributed by atoms with Crippen molar-refractivity contribution in [3.8, 4) is 6.07 Å². The van der Waals surface area contributed by atoms with Crippen molar-refractivity contribution >= 4 is 15.7 Å². The highest BCUT2D eigenvalue weighted by atomic mass is 32.2. The third-order valence-electron chi connectivity index (χ3n) is 2.25. The number of rotatable bonds is 5. The van der Waals surface area contributed by atoms with E-state index in [0.29, 0.717) is 23.6 Å². The van der Waals surface area contributed by atoms with Crippen molar-refractivity contribution in [3.05, 3.63) is 29.8 Å². The summed E-state index contributed by atoms with van der Waals surface area (Å²) in [6.45, 7) is 3.97. The van der Waals surface area contributed by atoms with Gasteiger partial charge < -0.3 is 0 Å². The van der Waals surface area contributed by atoms with Gasteiger partial charge in [0, 0.05) is 5.69 Å². The van der Waals surface area contributed by atoms with E-state index in [1.165, 1.54) is 0 Å². The van der Waals surface area contributed by atoms with E-state index < -0.39 is 10.0 Å². The van der Waals surface area contributed by atoms with Crippen molar-refractivity contribution in [1.29, 1.82) is 5.26 Å². The minimum Gasteiger partial charge on any atom is -0.284 e. The van der Waals surface area contributed by atoms with Gasteiger partial charge in [-0.2, -0.15) is 5.26 Å². The molecule has 0 heterocycles. The number of hydrogen-bond donors (Lipinski definition) is 1. The van der Waals surface area contributed by atoms with Gasteiger partial charge in [-0.15, -0.1) is 0 Å². The molecule has 0 amide bonds. The summed E-state index contributed by atoms with van der Waals surface area (Å²) in [5.41, 5.74) is 1.00. The Morgan fingerprint density at radius 2 is 1.88 bits per heavy atom. The number of benzene rings is 1. The van der Waals surface area contributed by atoms with E-state index in [4.69, 9.17) is 5.26 Å². The zero-order valence-corrected chi connectivity index (χ0v) is 10.8. The van der Waals surface area contributed by atoms with Gasteiger partial charge in [-0.25, -0.2) is 8.42 Å². The molecule has 0 aromatic heterocycles. The molecule has 92 valence electrons. The molecule has 0 fully saturated rings. The summed E-state index contributed by atoms with van der Waals surface area (Å²) in [5, 5.41) is 8.62. The van der Waals surface area contributed by atoms with Crippen LogP contribution in [-0.2, 0) is 10.0 Å². The van der Waals surface area contributed by atoms with Crippen LogP contribution in [-0.4, -0.2) is 14.2 Å². The van der Waals surface area contributed by atoms with Gasteiger partial charge in [0.1, 0.15) is 0 Å². The van der Waals surface area contributed by atoms with E-state index in [9.17, 15) is 8.42 Å². The summed E-state index contributed by atoms with van der Waals surface area (Å²) in [6, 6.07) is 8.32. The first-order valence-corrected chi connectivity index (χ1v) is 7.09. The van der Waals surface area contributed by atoms with Crippen molar-refractivity contribution in [3.63, 3.8) is 0 Å². The lowest BCUT2D eigenvalue weighted by Gasteiger charge is -2.09. The van der Waals surface area contributed by atoms with Crippen molar-refractivity contribution in [1.82, 2.24) is 0 Å². The minimum absolute atomic E-state index is 0.116. The van der Waals surface area contributed by atoms with Gasteiger partial charge in [0.25, 0.3) is 0 Å². The highest BCUT2D eigenvalue weighted by Gasteiger charge is 2.11. The third-order valence-corrected chi connectivity index (χ3v) is 3.57. The molecule has 0 aliphatic carbocycles. The Morgan fingerprint density at radius 1 is 1.29 bits per heavy atom. The summed E-state index contributed by atoms with van der Waals surface area (Å²) in [7, 11) is -3.28. The van der Waals surface area contributed by atoms with Crippen LogP contribution in [0, 0.1) is 17.2 Å². The maximum absolute atomic E-state index is 11.7. The van der Waals surface area contributed by atoms with Crippen LogP contribution in [0.4, 0.5) is 5.69 Å². The molecule has 0 atom stereocenters. The zero-order valence-electron chi connectivity index (χ0n) is 9.97. The second kappa shape index (κ2) is 5.69. The molecule has 0 unspecified atom stereocenters. The van der Waals surface area contributed by atoms with Crippen molar-refractivity contribution in [2.45, 2.75) is 20.3 Å². The fourth-order valence-corrected chi connectivity index (χ4v) is 2.61. The monoisotopic (exact) mass is 252 g/mol. The predicted octanol–water partition coefficient (Wildman–Crippen LogP) is 2.35. The summed E-state index contributed by atoms with van der Waals surface area (Å²) in [4.78, 5) is 0.